The number of carbonyl (C=O) groups excluding carboxylic acids is 1. The fourth-order valence-electron chi connectivity index (χ4n) is 1.91. The van der Waals surface area contributed by atoms with Gasteiger partial charge in [-0.05, 0) is 29.2 Å². The molecule has 0 saturated carbocycles. The smallest absolute Gasteiger partial charge is 0.142 e. The van der Waals surface area contributed by atoms with E-state index in [4.69, 9.17) is 10.3 Å². The summed E-state index contributed by atoms with van der Waals surface area (Å²) < 4.78 is 5.59. The minimum Gasteiger partial charge on any atom is -0.381 e. The highest BCUT2D eigenvalue weighted by atomic mass is 16.5. The first-order chi connectivity index (χ1) is 9.55. The van der Waals surface area contributed by atoms with Crippen molar-refractivity contribution < 1.29 is 9.53 Å². The van der Waals surface area contributed by atoms with E-state index < -0.39 is 6.04 Å². The molecule has 21 heavy (non-hydrogen) atoms. The Hall–Kier alpha value is -1.06. The summed E-state index contributed by atoms with van der Waals surface area (Å²) in [6.07, 6.45) is 2.77. The molecular formula is C16H31N3O2. The zero-order valence-electron chi connectivity index (χ0n) is 14.5. The molecule has 1 atom stereocenters. The van der Waals surface area contributed by atoms with Gasteiger partial charge in [0.15, 0.2) is 0 Å². The molecule has 0 fully saturated rings. The molecule has 0 aromatic carbocycles. The van der Waals surface area contributed by atoms with Gasteiger partial charge in [0.1, 0.15) is 5.78 Å². The van der Waals surface area contributed by atoms with Crippen molar-refractivity contribution >= 4 is 5.78 Å². The molecule has 0 heterocycles. The highest BCUT2D eigenvalue weighted by molar-refractivity contribution is 5.84. The highest BCUT2D eigenvalue weighted by Gasteiger charge is 2.22. The van der Waals surface area contributed by atoms with Crippen molar-refractivity contribution in [1.82, 2.24) is 0 Å². The predicted octanol–water partition coefficient (Wildman–Crippen LogP) is 4.90. The monoisotopic (exact) mass is 297 g/mol. The van der Waals surface area contributed by atoms with Crippen LogP contribution in [0.1, 0.15) is 67.2 Å². The van der Waals surface area contributed by atoms with Crippen LogP contribution in [0, 0.1) is 10.8 Å². The van der Waals surface area contributed by atoms with Crippen molar-refractivity contribution in [3.63, 3.8) is 0 Å². The summed E-state index contributed by atoms with van der Waals surface area (Å²) in [6, 6.07) is -0.531. The van der Waals surface area contributed by atoms with Gasteiger partial charge in [0.05, 0.1) is 12.6 Å². The molecule has 0 aliphatic heterocycles. The first-order valence-corrected chi connectivity index (χ1v) is 7.70. The number of carbonyl (C=O) groups is 1. The van der Waals surface area contributed by atoms with Crippen LogP contribution in [0.15, 0.2) is 5.11 Å². The average Bonchev–Trinajstić information content (AvgIpc) is 2.28. The van der Waals surface area contributed by atoms with Crippen LogP contribution in [0.3, 0.4) is 0 Å². The fourth-order valence-corrected chi connectivity index (χ4v) is 1.91. The van der Waals surface area contributed by atoms with Gasteiger partial charge < -0.3 is 4.74 Å². The van der Waals surface area contributed by atoms with Gasteiger partial charge in [-0.15, -0.1) is 0 Å². The quantitative estimate of drug-likeness (QED) is 0.262. The third-order valence-corrected chi connectivity index (χ3v) is 2.82. The molecule has 0 spiro atoms. The Morgan fingerprint density at radius 2 is 1.76 bits per heavy atom. The molecule has 0 rings (SSSR count). The van der Waals surface area contributed by atoms with Crippen LogP contribution in [0.4, 0.5) is 0 Å². The van der Waals surface area contributed by atoms with Crippen molar-refractivity contribution in [3.05, 3.63) is 10.4 Å². The summed E-state index contributed by atoms with van der Waals surface area (Å²) in [5.41, 5.74) is 8.70. The maximum absolute atomic E-state index is 12.1. The van der Waals surface area contributed by atoms with Crippen LogP contribution in [0.25, 0.3) is 10.4 Å². The first kappa shape index (κ1) is 19.9. The minimum atomic E-state index is -0.531. The molecule has 5 nitrogen and oxygen atoms in total. The number of hydrogen-bond acceptors (Lipinski definition) is 3. The van der Waals surface area contributed by atoms with E-state index in [9.17, 15) is 4.79 Å². The van der Waals surface area contributed by atoms with Crippen LogP contribution in [-0.2, 0) is 9.53 Å². The van der Waals surface area contributed by atoms with Crippen LogP contribution in [-0.4, -0.2) is 25.0 Å². The normalized spacial score (nSPS) is 13.6. The lowest BCUT2D eigenvalue weighted by molar-refractivity contribution is -0.122. The first-order valence-electron chi connectivity index (χ1n) is 7.70. The van der Waals surface area contributed by atoms with Gasteiger partial charge in [-0.2, -0.15) is 0 Å². The van der Waals surface area contributed by atoms with Crippen molar-refractivity contribution in [1.29, 1.82) is 0 Å². The van der Waals surface area contributed by atoms with Crippen LogP contribution in [0.5, 0.6) is 0 Å². The van der Waals surface area contributed by atoms with Crippen molar-refractivity contribution in [2.24, 2.45) is 15.9 Å². The van der Waals surface area contributed by atoms with Gasteiger partial charge in [0.25, 0.3) is 0 Å². The van der Waals surface area contributed by atoms with E-state index in [0.29, 0.717) is 19.4 Å². The topological polar surface area (TPSA) is 75.1 Å². The second kappa shape index (κ2) is 9.06. The molecule has 0 aliphatic rings. The number of ketones is 1. The predicted molar refractivity (Wildman–Crippen MR) is 86.1 cm³/mol. The van der Waals surface area contributed by atoms with E-state index in [-0.39, 0.29) is 16.6 Å². The molecule has 122 valence electrons. The van der Waals surface area contributed by atoms with E-state index in [0.717, 1.165) is 19.4 Å². The Labute approximate surface area is 129 Å². The molecule has 0 radical (unpaired) electrons. The largest absolute Gasteiger partial charge is 0.381 e. The summed E-state index contributed by atoms with van der Waals surface area (Å²) in [7, 11) is 0. The number of Topliss-reactive ketones (excluding diaryl/α,β-unsaturated/α-hetero) is 1. The lowest BCUT2D eigenvalue weighted by atomic mass is 9.87. The Morgan fingerprint density at radius 1 is 1.14 bits per heavy atom. The average molecular weight is 297 g/mol. The molecular weight excluding hydrogens is 266 g/mol. The second-order valence-corrected chi connectivity index (χ2v) is 8.03. The number of nitrogens with zero attached hydrogens (tertiary/aromatic N) is 3. The van der Waals surface area contributed by atoms with Gasteiger partial charge in [0, 0.05) is 17.9 Å². The molecule has 0 saturated heterocycles. The summed E-state index contributed by atoms with van der Waals surface area (Å²) in [5.74, 6) is 0.0379. The molecule has 0 aromatic heterocycles. The highest BCUT2D eigenvalue weighted by Crippen LogP contribution is 2.22. The number of ether oxygens (including phenoxy) is 1. The molecule has 0 aliphatic carbocycles. The lowest BCUT2D eigenvalue weighted by Gasteiger charge is -2.20. The standard InChI is InChI=1S/C16H31N3O2/c1-15(2,3)11-14(20)13(18-19-17)9-7-8-10-21-12-16(4,5)6/h13H,7-12H2,1-6H3. The third-order valence-electron chi connectivity index (χ3n) is 2.82. The minimum absolute atomic E-state index is 0.0379. The summed E-state index contributed by atoms with van der Waals surface area (Å²) in [4.78, 5) is 14.9. The second-order valence-electron chi connectivity index (χ2n) is 8.03. The van der Waals surface area contributed by atoms with Gasteiger partial charge in [-0.1, -0.05) is 53.1 Å². The van der Waals surface area contributed by atoms with Gasteiger partial charge >= 0.3 is 0 Å². The van der Waals surface area contributed by atoms with E-state index in [1.807, 2.05) is 20.8 Å². The maximum atomic E-state index is 12.1. The number of hydrogen-bond donors (Lipinski definition) is 0. The van der Waals surface area contributed by atoms with E-state index >= 15 is 0 Å². The Morgan fingerprint density at radius 3 is 2.24 bits per heavy atom. The van der Waals surface area contributed by atoms with E-state index in [2.05, 4.69) is 30.8 Å². The van der Waals surface area contributed by atoms with Crippen molar-refractivity contribution in [2.45, 2.75) is 73.3 Å². The molecule has 5 heteroatoms. The molecule has 0 amide bonds. The molecule has 0 aromatic rings. The summed E-state index contributed by atoms with van der Waals surface area (Å²) in [6.45, 7) is 13.9. The molecule has 0 bridgehead atoms. The van der Waals surface area contributed by atoms with E-state index in [1.54, 1.807) is 0 Å². The van der Waals surface area contributed by atoms with Gasteiger partial charge in [0.2, 0.25) is 0 Å². The van der Waals surface area contributed by atoms with Crippen molar-refractivity contribution in [2.75, 3.05) is 13.2 Å². The number of rotatable bonds is 9. The van der Waals surface area contributed by atoms with E-state index in [1.165, 1.54) is 0 Å². The van der Waals surface area contributed by atoms with Gasteiger partial charge in [-0.3, -0.25) is 4.79 Å². The van der Waals surface area contributed by atoms with Gasteiger partial charge in [-0.25, -0.2) is 0 Å². The zero-order valence-corrected chi connectivity index (χ0v) is 14.5. The third kappa shape index (κ3) is 12.4. The number of azide groups is 1. The Kier molecular flexibility index (Phi) is 8.60. The maximum Gasteiger partial charge on any atom is 0.142 e. The molecule has 1 unspecified atom stereocenters. The van der Waals surface area contributed by atoms with Crippen LogP contribution in [0.2, 0.25) is 0 Å². The Bertz CT molecular complexity index is 361. The fraction of sp³-hybridized carbons (Fsp3) is 0.938. The SMILES string of the molecule is CC(C)(C)COCCCCC(N=[N+]=[N-])C(=O)CC(C)(C)C. The van der Waals surface area contributed by atoms with Crippen LogP contribution < -0.4 is 0 Å². The lowest BCUT2D eigenvalue weighted by Crippen LogP contribution is -2.23. The summed E-state index contributed by atoms with van der Waals surface area (Å²) >= 11 is 0. The molecule has 0 N–H and O–H groups in total. The number of unbranched alkanes of at least 4 members (excludes halogenated alkanes) is 1. The van der Waals surface area contributed by atoms with Crippen LogP contribution >= 0.6 is 0 Å². The van der Waals surface area contributed by atoms with Crippen molar-refractivity contribution in [3.8, 4) is 0 Å². The summed E-state index contributed by atoms with van der Waals surface area (Å²) in [5, 5.41) is 3.66. The Balaban J connectivity index is 4.06. The zero-order chi connectivity index (χ0) is 16.5.